The molecule has 0 saturated heterocycles. The lowest BCUT2D eigenvalue weighted by Crippen LogP contribution is -2.24. The van der Waals surface area contributed by atoms with E-state index in [0.29, 0.717) is 11.7 Å². The van der Waals surface area contributed by atoms with Crippen molar-refractivity contribution in [1.82, 2.24) is 10.2 Å². The van der Waals surface area contributed by atoms with E-state index >= 15 is 0 Å². The zero-order valence-electron chi connectivity index (χ0n) is 9.43. The van der Waals surface area contributed by atoms with E-state index in [9.17, 15) is 0 Å². The molecule has 3 N–H and O–H groups in total. The maximum Gasteiger partial charge on any atom is 0.148 e. The Hall–Kier alpha value is -2.10. The molecule has 4 heteroatoms. The third kappa shape index (κ3) is 1.93. The molecule has 1 aromatic heterocycles. The number of benzene rings is 1. The van der Waals surface area contributed by atoms with E-state index < -0.39 is 0 Å². The van der Waals surface area contributed by atoms with Crippen LogP contribution in [-0.2, 0) is 6.42 Å². The molecular formula is C13H14N4. The lowest BCUT2D eigenvalue weighted by atomic mass is 9.78. The molecule has 3 rings (SSSR count). The van der Waals surface area contributed by atoms with Crippen LogP contribution < -0.4 is 11.1 Å². The summed E-state index contributed by atoms with van der Waals surface area (Å²) < 4.78 is 0. The van der Waals surface area contributed by atoms with Crippen LogP contribution in [-0.4, -0.2) is 16.7 Å². The molecule has 17 heavy (non-hydrogen) atoms. The molecule has 0 fully saturated rings. The third-order valence-electron chi connectivity index (χ3n) is 3.18. The first-order valence-corrected chi connectivity index (χ1v) is 5.74. The molecule has 1 atom stereocenters. The van der Waals surface area contributed by atoms with Gasteiger partial charge in [0.25, 0.3) is 0 Å². The van der Waals surface area contributed by atoms with Crippen molar-refractivity contribution < 1.29 is 0 Å². The average Bonchev–Trinajstić information content (AvgIpc) is 2.33. The molecule has 86 valence electrons. The molecule has 0 spiro atoms. The zero-order valence-corrected chi connectivity index (χ0v) is 9.43. The molecule has 1 heterocycles. The second-order valence-electron chi connectivity index (χ2n) is 4.32. The van der Waals surface area contributed by atoms with E-state index in [1.165, 1.54) is 11.1 Å². The predicted octanol–water partition coefficient (Wildman–Crippen LogP) is 1.81. The van der Waals surface area contributed by atoms with Crippen LogP contribution in [0.5, 0.6) is 0 Å². The minimum absolute atomic E-state index is 0.449. The minimum Gasteiger partial charge on any atom is -0.382 e. The third-order valence-corrected chi connectivity index (χ3v) is 3.18. The van der Waals surface area contributed by atoms with Gasteiger partial charge >= 0.3 is 0 Å². The van der Waals surface area contributed by atoms with Crippen molar-refractivity contribution in [2.75, 3.05) is 17.6 Å². The molecule has 1 unspecified atom stereocenters. The van der Waals surface area contributed by atoms with Gasteiger partial charge in [-0.05, 0) is 29.7 Å². The molecule has 0 saturated carbocycles. The van der Waals surface area contributed by atoms with Gasteiger partial charge < -0.3 is 11.1 Å². The first-order chi connectivity index (χ1) is 8.33. The van der Waals surface area contributed by atoms with Crippen molar-refractivity contribution in [3.05, 3.63) is 47.5 Å². The number of nitrogens with two attached hydrogens (primary N) is 1. The molecule has 4 nitrogen and oxygen atoms in total. The Morgan fingerprint density at radius 2 is 2.06 bits per heavy atom. The van der Waals surface area contributed by atoms with E-state index in [1.807, 2.05) is 6.07 Å². The Labute approximate surface area is 99.9 Å². The first kappa shape index (κ1) is 10.1. The summed E-state index contributed by atoms with van der Waals surface area (Å²) in [5.74, 6) is 1.82. The lowest BCUT2D eigenvalue weighted by molar-refractivity contribution is 0.634. The Balaban J connectivity index is 1.62. The number of hydrogen-bond donors (Lipinski definition) is 2. The molecule has 0 radical (unpaired) electrons. The van der Waals surface area contributed by atoms with Gasteiger partial charge in [0, 0.05) is 12.5 Å². The lowest BCUT2D eigenvalue weighted by Gasteiger charge is -2.30. The minimum atomic E-state index is 0.449. The molecule has 0 amide bonds. The normalized spacial score (nSPS) is 17.1. The van der Waals surface area contributed by atoms with Gasteiger partial charge in [0.15, 0.2) is 0 Å². The van der Waals surface area contributed by atoms with Crippen molar-refractivity contribution in [3.8, 4) is 0 Å². The quantitative estimate of drug-likeness (QED) is 0.837. The maximum atomic E-state index is 5.48. The number of fused-ring (bicyclic) bond motifs is 1. The van der Waals surface area contributed by atoms with Crippen LogP contribution in [0, 0.1) is 0 Å². The summed E-state index contributed by atoms with van der Waals surface area (Å²) in [6, 6.07) is 12.2. The Morgan fingerprint density at radius 3 is 2.82 bits per heavy atom. The average molecular weight is 226 g/mol. The van der Waals surface area contributed by atoms with E-state index in [-0.39, 0.29) is 0 Å². The van der Waals surface area contributed by atoms with Crippen LogP contribution in [0.1, 0.15) is 17.0 Å². The smallest absolute Gasteiger partial charge is 0.148 e. The number of anilines is 2. The summed E-state index contributed by atoms with van der Waals surface area (Å²) in [7, 11) is 0. The van der Waals surface area contributed by atoms with Crippen LogP contribution in [0.15, 0.2) is 36.4 Å². The molecule has 0 aliphatic heterocycles. The van der Waals surface area contributed by atoms with Crippen LogP contribution in [0.2, 0.25) is 0 Å². The van der Waals surface area contributed by atoms with Gasteiger partial charge in [0.1, 0.15) is 11.6 Å². The molecule has 1 aromatic carbocycles. The fourth-order valence-corrected chi connectivity index (χ4v) is 2.21. The number of nitrogens with one attached hydrogen (secondary N) is 1. The van der Waals surface area contributed by atoms with Crippen molar-refractivity contribution in [2.45, 2.75) is 12.3 Å². The molecule has 1 aliphatic carbocycles. The Bertz CT molecular complexity index is 521. The maximum absolute atomic E-state index is 5.48. The van der Waals surface area contributed by atoms with Crippen LogP contribution in [0.25, 0.3) is 0 Å². The van der Waals surface area contributed by atoms with E-state index in [1.54, 1.807) is 6.07 Å². The highest BCUT2D eigenvalue weighted by molar-refractivity contribution is 5.43. The van der Waals surface area contributed by atoms with Gasteiger partial charge in [0.05, 0.1) is 0 Å². The second-order valence-corrected chi connectivity index (χ2v) is 4.32. The van der Waals surface area contributed by atoms with Crippen LogP contribution in [0.4, 0.5) is 11.6 Å². The fourth-order valence-electron chi connectivity index (χ4n) is 2.21. The highest BCUT2D eigenvalue weighted by atomic mass is 15.2. The van der Waals surface area contributed by atoms with Gasteiger partial charge in [-0.15, -0.1) is 10.2 Å². The topological polar surface area (TPSA) is 63.8 Å². The van der Waals surface area contributed by atoms with Gasteiger partial charge in [0.2, 0.25) is 0 Å². The second kappa shape index (κ2) is 4.05. The molecule has 2 aromatic rings. The van der Waals surface area contributed by atoms with E-state index in [0.717, 1.165) is 18.8 Å². The number of aromatic nitrogens is 2. The molecule has 1 aliphatic rings. The monoisotopic (exact) mass is 226 g/mol. The zero-order chi connectivity index (χ0) is 11.7. The highest BCUT2D eigenvalue weighted by Gasteiger charge is 2.24. The van der Waals surface area contributed by atoms with Gasteiger partial charge in [-0.2, -0.15) is 0 Å². The summed E-state index contributed by atoms with van der Waals surface area (Å²) in [6.45, 7) is 0.898. The van der Waals surface area contributed by atoms with Crippen LogP contribution >= 0.6 is 0 Å². The van der Waals surface area contributed by atoms with Crippen molar-refractivity contribution in [1.29, 1.82) is 0 Å². The van der Waals surface area contributed by atoms with Crippen molar-refractivity contribution in [3.63, 3.8) is 0 Å². The van der Waals surface area contributed by atoms with Crippen LogP contribution in [0.3, 0.4) is 0 Å². The number of hydrogen-bond acceptors (Lipinski definition) is 4. The SMILES string of the molecule is Nc1ccc(NCC2Cc3ccccc32)nn1. The Morgan fingerprint density at radius 1 is 1.18 bits per heavy atom. The predicted molar refractivity (Wildman–Crippen MR) is 67.8 cm³/mol. The van der Waals surface area contributed by atoms with Crippen molar-refractivity contribution >= 4 is 11.6 Å². The summed E-state index contributed by atoms with van der Waals surface area (Å²) >= 11 is 0. The number of nitrogens with zero attached hydrogens (tertiary/aromatic N) is 2. The highest BCUT2D eigenvalue weighted by Crippen LogP contribution is 2.34. The Kier molecular flexibility index (Phi) is 2.40. The summed E-state index contributed by atoms with van der Waals surface area (Å²) in [5, 5.41) is 11.1. The van der Waals surface area contributed by atoms with Gasteiger partial charge in [-0.25, -0.2) is 0 Å². The molecular weight excluding hydrogens is 212 g/mol. The molecule has 0 bridgehead atoms. The van der Waals surface area contributed by atoms with E-state index in [4.69, 9.17) is 5.73 Å². The number of rotatable bonds is 3. The first-order valence-electron chi connectivity index (χ1n) is 5.74. The van der Waals surface area contributed by atoms with Gasteiger partial charge in [-0.1, -0.05) is 24.3 Å². The van der Waals surface area contributed by atoms with Gasteiger partial charge in [-0.3, -0.25) is 0 Å². The summed E-state index contributed by atoms with van der Waals surface area (Å²) in [6.07, 6.45) is 1.14. The van der Waals surface area contributed by atoms with E-state index in [2.05, 4.69) is 39.8 Å². The summed E-state index contributed by atoms with van der Waals surface area (Å²) in [5.41, 5.74) is 8.39. The largest absolute Gasteiger partial charge is 0.382 e. The summed E-state index contributed by atoms with van der Waals surface area (Å²) in [4.78, 5) is 0. The fraction of sp³-hybridized carbons (Fsp3) is 0.231. The number of nitrogen functional groups attached to an aromatic ring is 1. The standard InChI is InChI=1S/C13H14N4/c14-12-5-6-13(17-16-12)15-8-10-7-9-3-1-2-4-11(9)10/h1-6,10H,7-8H2,(H2,14,16)(H,15,17). The van der Waals surface area contributed by atoms with Crippen molar-refractivity contribution in [2.24, 2.45) is 0 Å².